The Morgan fingerprint density at radius 3 is 3.05 bits per heavy atom. The number of anilines is 1. The van der Waals surface area contributed by atoms with Gasteiger partial charge in [0.05, 0.1) is 25.8 Å². The standard InChI is InChI=1S/C13H22N2O3S/c1-3-4-8-18-9-7-14-13-15-11(10-19-13)5-6-12(16)17-2/h10H,3-9H2,1-2H3,(H,14,15). The van der Waals surface area contributed by atoms with E-state index in [1.165, 1.54) is 7.11 Å². The molecule has 1 N–H and O–H groups in total. The number of methoxy groups -OCH3 is 1. The van der Waals surface area contributed by atoms with Crippen molar-refractivity contribution in [3.8, 4) is 0 Å². The van der Waals surface area contributed by atoms with Gasteiger partial charge in [0.1, 0.15) is 0 Å². The number of hydrogen-bond acceptors (Lipinski definition) is 6. The minimum Gasteiger partial charge on any atom is -0.469 e. The number of aromatic nitrogens is 1. The first-order valence-corrected chi connectivity index (χ1v) is 7.47. The van der Waals surface area contributed by atoms with Crippen LogP contribution in [0.25, 0.3) is 0 Å². The van der Waals surface area contributed by atoms with Crippen molar-refractivity contribution in [2.45, 2.75) is 32.6 Å². The van der Waals surface area contributed by atoms with Crippen LogP contribution in [0.1, 0.15) is 31.9 Å². The van der Waals surface area contributed by atoms with Crippen LogP contribution in [-0.4, -0.2) is 37.8 Å². The van der Waals surface area contributed by atoms with Crippen molar-refractivity contribution in [2.24, 2.45) is 0 Å². The smallest absolute Gasteiger partial charge is 0.305 e. The molecule has 0 bridgehead atoms. The van der Waals surface area contributed by atoms with Gasteiger partial charge in [-0.15, -0.1) is 11.3 Å². The van der Waals surface area contributed by atoms with Crippen LogP contribution in [0, 0.1) is 0 Å². The van der Waals surface area contributed by atoms with Gasteiger partial charge < -0.3 is 14.8 Å². The molecule has 0 spiro atoms. The summed E-state index contributed by atoms with van der Waals surface area (Å²) in [6, 6.07) is 0. The monoisotopic (exact) mass is 286 g/mol. The molecule has 0 saturated carbocycles. The molecule has 1 aromatic heterocycles. The van der Waals surface area contributed by atoms with E-state index in [9.17, 15) is 4.79 Å². The minimum atomic E-state index is -0.202. The summed E-state index contributed by atoms with van der Waals surface area (Å²) < 4.78 is 10.0. The highest BCUT2D eigenvalue weighted by Crippen LogP contribution is 2.16. The van der Waals surface area contributed by atoms with E-state index in [1.807, 2.05) is 5.38 Å². The van der Waals surface area contributed by atoms with Gasteiger partial charge >= 0.3 is 5.97 Å². The van der Waals surface area contributed by atoms with Gasteiger partial charge in [-0.2, -0.15) is 0 Å². The lowest BCUT2D eigenvalue weighted by Crippen LogP contribution is -2.10. The summed E-state index contributed by atoms with van der Waals surface area (Å²) in [6.07, 6.45) is 3.26. The van der Waals surface area contributed by atoms with E-state index in [2.05, 4.69) is 22.0 Å². The van der Waals surface area contributed by atoms with Crippen molar-refractivity contribution in [1.29, 1.82) is 0 Å². The minimum absolute atomic E-state index is 0.202. The molecule has 0 atom stereocenters. The summed E-state index contributed by atoms with van der Waals surface area (Å²) in [5.74, 6) is -0.202. The number of nitrogens with zero attached hydrogens (tertiary/aromatic N) is 1. The zero-order valence-corrected chi connectivity index (χ0v) is 12.4. The average molecular weight is 286 g/mol. The van der Waals surface area contributed by atoms with Crippen molar-refractivity contribution in [1.82, 2.24) is 4.98 Å². The Balaban J connectivity index is 2.14. The van der Waals surface area contributed by atoms with Crippen molar-refractivity contribution < 1.29 is 14.3 Å². The molecule has 5 nitrogen and oxygen atoms in total. The predicted molar refractivity (Wildman–Crippen MR) is 76.7 cm³/mol. The highest BCUT2D eigenvalue weighted by atomic mass is 32.1. The van der Waals surface area contributed by atoms with E-state index in [-0.39, 0.29) is 5.97 Å². The third kappa shape index (κ3) is 7.12. The maximum absolute atomic E-state index is 11.0. The van der Waals surface area contributed by atoms with E-state index in [4.69, 9.17) is 4.74 Å². The van der Waals surface area contributed by atoms with Crippen LogP contribution in [-0.2, 0) is 20.7 Å². The highest BCUT2D eigenvalue weighted by Gasteiger charge is 2.05. The van der Waals surface area contributed by atoms with Crippen LogP contribution in [0.3, 0.4) is 0 Å². The van der Waals surface area contributed by atoms with Gasteiger partial charge in [0, 0.05) is 25.0 Å². The molecule has 0 saturated heterocycles. The van der Waals surface area contributed by atoms with Crippen molar-refractivity contribution >= 4 is 22.4 Å². The number of thiazole rings is 1. The first-order chi connectivity index (χ1) is 9.26. The molecule has 0 amide bonds. The van der Waals surface area contributed by atoms with Crippen LogP contribution in [0.4, 0.5) is 5.13 Å². The number of carbonyl (C=O) groups excluding carboxylic acids is 1. The quantitative estimate of drug-likeness (QED) is 0.529. The SMILES string of the molecule is CCCCOCCNc1nc(CCC(=O)OC)cs1. The number of ether oxygens (including phenoxy) is 2. The number of nitrogens with one attached hydrogen (secondary N) is 1. The Kier molecular flexibility index (Phi) is 8.16. The van der Waals surface area contributed by atoms with Gasteiger partial charge in [0.2, 0.25) is 0 Å². The van der Waals surface area contributed by atoms with Gasteiger partial charge in [-0.1, -0.05) is 13.3 Å². The first kappa shape index (κ1) is 15.9. The summed E-state index contributed by atoms with van der Waals surface area (Å²) in [7, 11) is 1.40. The summed E-state index contributed by atoms with van der Waals surface area (Å²) in [5, 5.41) is 6.05. The lowest BCUT2D eigenvalue weighted by atomic mass is 10.2. The fraction of sp³-hybridized carbons (Fsp3) is 0.692. The Hall–Kier alpha value is -1.14. The second kappa shape index (κ2) is 9.75. The van der Waals surface area contributed by atoms with Crippen LogP contribution in [0.2, 0.25) is 0 Å². The molecule has 1 aromatic rings. The van der Waals surface area contributed by atoms with E-state index in [0.717, 1.165) is 36.8 Å². The molecule has 108 valence electrons. The first-order valence-electron chi connectivity index (χ1n) is 6.59. The molecule has 6 heteroatoms. The molecule has 19 heavy (non-hydrogen) atoms. The highest BCUT2D eigenvalue weighted by molar-refractivity contribution is 7.13. The van der Waals surface area contributed by atoms with E-state index < -0.39 is 0 Å². The number of esters is 1. The Labute approximate surface area is 118 Å². The zero-order valence-electron chi connectivity index (χ0n) is 11.6. The van der Waals surface area contributed by atoms with Gasteiger partial charge in [-0.3, -0.25) is 4.79 Å². The molecule has 1 rings (SSSR count). The second-order valence-electron chi connectivity index (χ2n) is 4.11. The van der Waals surface area contributed by atoms with Crippen molar-refractivity contribution in [3.63, 3.8) is 0 Å². The largest absolute Gasteiger partial charge is 0.469 e. The molecular weight excluding hydrogens is 264 g/mol. The van der Waals surface area contributed by atoms with Crippen LogP contribution < -0.4 is 5.32 Å². The van der Waals surface area contributed by atoms with Gasteiger partial charge in [0.25, 0.3) is 0 Å². The molecule has 0 aliphatic heterocycles. The van der Waals surface area contributed by atoms with Gasteiger partial charge in [-0.05, 0) is 6.42 Å². The Morgan fingerprint density at radius 2 is 2.32 bits per heavy atom. The van der Waals surface area contributed by atoms with Gasteiger partial charge in [-0.25, -0.2) is 4.98 Å². The summed E-state index contributed by atoms with van der Waals surface area (Å²) in [6.45, 7) is 4.41. The molecule has 0 radical (unpaired) electrons. The lowest BCUT2D eigenvalue weighted by Gasteiger charge is -2.03. The number of carbonyl (C=O) groups is 1. The number of hydrogen-bond donors (Lipinski definition) is 1. The summed E-state index contributed by atoms with van der Waals surface area (Å²) in [5.41, 5.74) is 0.921. The van der Waals surface area contributed by atoms with Crippen molar-refractivity contribution in [2.75, 3.05) is 32.2 Å². The Morgan fingerprint density at radius 1 is 1.47 bits per heavy atom. The fourth-order valence-electron chi connectivity index (χ4n) is 1.41. The molecule has 0 unspecified atom stereocenters. The summed E-state index contributed by atoms with van der Waals surface area (Å²) in [4.78, 5) is 15.4. The lowest BCUT2D eigenvalue weighted by molar-refractivity contribution is -0.140. The van der Waals surface area contributed by atoms with Crippen LogP contribution in [0.5, 0.6) is 0 Å². The Bertz CT molecular complexity index is 369. The maximum atomic E-state index is 11.0. The van der Waals surface area contributed by atoms with Crippen LogP contribution >= 0.6 is 11.3 Å². The second-order valence-corrected chi connectivity index (χ2v) is 4.97. The number of rotatable bonds is 10. The predicted octanol–water partition coefficient (Wildman–Crippen LogP) is 2.48. The third-order valence-electron chi connectivity index (χ3n) is 2.53. The molecule has 0 aromatic carbocycles. The van der Waals surface area contributed by atoms with Crippen molar-refractivity contribution in [3.05, 3.63) is 11.1 Å². The van der Waals surface area contributed by atoms with Crippen LogP contribution in [0.15, 0.2) is 5.38 Å². The molecular formula is C13H22N2O3S. The molecule has 0 aliphatic carbocycles. The van der Waals surface area contributed by atoms with E-state index >= 15 is 0 Å². The van der Waals surface area contributed by atoms with E-state index in [0.29, 0.717) is 19.4 Å². The average Bonchev–Trinajstić information content (AvgIpc) is 2.88. The molecule has 0 aliphatic rings. The molecule has 0 fully saturated rings. The van der Waals surface area contributed by atoms with E-state index in [1.54, 1.807) is 11.3 Å². The number of unbranched alkanes of at least 4 members (excludes halogenated alkanes) is 1. The normalized spacial score (nSPS) is 10.4. The fourth-order valence-corrected chi connectivity index (χ4v) is 2.19. The topological polar surface area (TPSA) is 60.5 Å². The number of aryl methyl sites for hydroxylation is 1. The maximum Gasteiger partial charge on any atom is 0.305 e. The van der Waals surface area contributed by atoms with Gasteiger partial charge in [0.15, 0.2) is 5.13 Å². The zero-order chi connectivity index (χ0) is 13.9. The third-order valence-corrected chi connectivity index (χ3v) is 3.38. The summed E-state index contributed by atoms with van der Waals surface area (Å²) >= 11 is 1.55. The molecule has 1 heterocycles.